The van der Waals surface area contributed by atoms with Crippen LogP contribution in [0.1, 0.15) is 27.5 Å². The van der Waals surface area contributed by atoms with Gasteiger partial charge < -0.3 is 4.90 Å². The maximum atomic E-state index is 14.0. The maximum absolute atomic E-state index is 14.0. The van der Waals surface area contributed by atoms with Crippen LogP contribution < -0.4 is 0 Å². The first-order chi connectivity index (χ1) is 14.6. The molecule has 1 amide bonds. The lowest BCUT2D eigenvalue weighted by molar-refractivity contribution is 0.0591. The SMILES string of the molecule is O=C(c1ccc(F)c(F)c1F)N1CCN(C(c2ccccc2)c2ccccc2)CC1. The van der Waals surface area contributed by atoms with Crippen LogP contribution in [0.5, 0.6) is 0 Å². The van der Waals surface area contributed by atoms with Crippen LogP contribution in [0.15, 0.2) is 72.8 Å². The Kier molecular flexibility index (Phi) is 5.86. The summed E-state index contributed by atoms with van der Waals surface area (Å²) >= 11 is 0. The standard InChI is InChI=1S/C24H21F3N2O/c25-20-12-11-19(21(26)22(20)27)24(30)29-15-13-28(14-16-29)23(17-7-3-1-4-8-17)18-9-5-2-6-10-18/h1-12,23H,13-16H2. The number of benzene rings is 3. The number of halogens is 3. The minimum atomic E-state index is -1.62. The predicted octanol–water partition coefficient (Wildman–Crippen LogP) is 4.65. The van der Waals surface area contributed by atoms with E-state index in [-0.39, 0.29) is 6.04 Å². The van der Waals surface area contributed by atoms with E-state index >= 15 is 0 Å². The summed E-state index contributed by atoms with van der Waals surface area (Å²) in [4.78, 5) is 16.4. The van der Waals surface area contributed by atoms with E-state index in [2.05, 4.69) is 29.2 Å². The largest absolute Gasteiger partial charge is 0.336 e. The Balaban J connectivity index is 1.53. The number of hydrogen-bond donors (Lipinski definition) is 0. The van der Waals surface area contributed by atoms with Gasteiger partial charge in [0.05, 0.1) is 11.6 Å². The van der Waals surface area contributed by atoms with Gasteiger partial charge in [-0.25, -0.2) is 13.2 Å². The van der Waals surface area contributed by atoms with Gasteiger partial charge in [0.1, 0.15) is 0 Å². The fraction of sp³-hybridized carbons (Fsp3) is 0.208. The molecule has 6 heteroatoms. The second kappa shape index (κ2) is 8.71. The third-order valence-corrected chi connectivity index (χ3v) is 5.46. The van der Waals surface area contributed by atoms with Crippen molar-refractivity contribution in [3.05, 3.63) is 107 Å². The summed E-state index contributed by atoms with van der Waals surface area (Å²) in [5.74, 6) is -4.98. The van der Waals surface area contributed by atoms with E-state index < -0.39 is 28.9 Å². The maximum Gasteiger partial charge on any atom is 0.257 e. The Morgan fingerprint density at radius 3 is 1.77 bits per heavy atom. The average Bonchev–Trinajstić information content (AvgIpc) is 2.79. The molecule has 1 saturated heterocycles. The van der Waals surface area contributed by atoms with Gasteiger partial charge in [-0.05, 0) is 23.3 Å². The Morgan fingerprint density at radius 1 is 0.700 bits per heavy atom. The summed E-state index contributed by atoms with van der Waals surface area (Å²) in [5, 5.41) is 0. The first-order valence-corrected chi connectivity index (χ1v) is 9.83. The molecule has 0 N–H and O–H groups in total. The number of piperazine rings is 1. The lowest BCUT2D eigenvalue weighted by Crippen LogP contribution is -2.50. The Hall–Kier alpha value is -3.12. The van der Waals surface area contributed by atoms with Crippen molar-refractivity contribution < 1.29 is 18.0 Å². The number of carbonyl (C=O) groups is 1. The summed E-state index contributed by atoms with van der Waals surface area (Å²) < 4.78 is 40.8. The Bertz CT molecular complexity index is 980. The van der Waals surface area contributed by atoms with Gasteiger partial charge in [0.15, 0.2) is 17.5 Å². The molecule has 0 saturated carbocycles. The van der Waals surface area contributed by atoms with Crippen molar-refractivity contribution in [2.75, 3.05) is 26.2 Å². The van der Waals surface area contributed by atoms with E-state index in [1.807, 2.05) is 36.4 Å². The molecule has 4 rings (SSSR count). The summed E-state index contributed by atoms with van der Waals surface area (Å²) in [6.07, 6.45) is 0. The van der Waals surface area contributed by atoms with E-state index in [9.17, 15) is 18.0 Å². The van der Waals surface area contributed by atoms with Crippen molar-refractivity contribution in [2.45, 2.75) is 6.04 Å². The molecule has 0 aromatic heterocycles. The van der Waals surface area contributed by atoms with Gasteiger partial charge in [-0.2, -0.15) is 0 Å². The summed E-state index contributed by atoms with van der Waals surface area (Å²) in [6, 6.07) is 22.0. The van der Waals surface area contributed by atoms with Gasteiger partial charge in [0, 0.05) is 26.2 Å². The van der Waals surface area contributed by atoms with Crippen LogP contribution in [0.3, 0.4) is 0 Å². The van der Waals surface area contributed by atoms with Crippen molar-refractivity contribution in [3.63, 3.8) is 0 Å². The summed E-state index contributed by atoms with van der Waals surface area (Å²) in [6.45, 7) is 1.89. The lowest BCUT2D eigenvalue weighted by atomic mass is 9.96. The minimum Gasteiger partial charge on any atom is -0.336 e. The van der Waals surface area contributed by atoms with Crippen molar-refractivity contribution in [2.24, 2.45) is 0 Å². The van der Waals surface area contributed by atoms with Crippen molar-refractivity contribution in [3.8, 4) is 0 Å². The van der Waals surface area contributed by atoms with Crippen LogP contribution in [0.25, 0.3) is 0 Å². The minimum absolute atomic E-state index is 0.0321. The van der Waals surface area contributed by atoms with Crippen molar-refractivity contribution in [1.82, 2.24) is 9.80 Å². The van der Waals surface area contributed by atoms with Gasteiger partial charge in [-0.1, -0.05) is 60.7 Å². The number of carbonyl (C=O) groups excluding carboxylic acids is 1. The molecule has 1 heterocycles. The molecule has 1 aliphatic rings. The molecule has 0 unspecified atom stereocenters. The fourth-order valence-corrected chi connectivity index (χ4v) is 3.93. The molecule has 3 aromatic rings. The Labute approximate surface area is 173 Å². The number of rotatable bonds is 4. The Morgan fingerprint density at radius 2 is 1.23 bits per heavy atom. The monoisotopic (exact) mass is 410 g/mol. The summed E-state index contributed by atoms with van der Waals surface area (Å²) in [7, 11) is 0. The van der Waals surface area contributed by atoms with E-state index in [4.69, 9.17) is 0 Å². The van der Waals surface area contributed by atoms with E-state index in [0.717, 1.165) is 23.3 Å². The highest BCUT2D eigenvalue weighted by atomic mass is 19.2. The number of amides is 1. The van der Waals surface area contributed by atoms with E-state index in [1.54, 1.807) is 0 Å². The molecule has 0 radical (unpaired) electrons. The van der Waals surface area contributed by atoms with E-state index in [0.29, 0.717) is 26.2 Å². The molecule has 0 aliphatic carbocycles. The first-order valence-electron chi connectivity index (χ1n) is 9.83. The second-order valence-electron chi connectivity index (χ2n) is 7.27. The molecule has 1 aliphatic heterocycles. The van der Waals surface area contributed by atoms with Gasteiger partial charge in [-0.3, -0.25) is 9.69 Å². The van der Waals surface area contributed by atoms with Crippen LogP contribution in [0.2, 0.25) is 0 Å². The molecule has 0 spiro atoms. The molecular weight excluding hydrogens is 389 g/mol. The van der Waals surface area contributed by atoms with Crippen LogP contribution in [0, 0.1) is 17.5 Å². The zero-order valence-corrected chi connectivity index (χ0v) is 16.3. The van der Waals surface area contributed by atoms with Crippen LogP contribution in [-0.2, 0) is 0 Å². The molecule has 30 heavy (non-hydrogen) atoms. The van der Waals surface area contributed by atoms with Crippen molar-refractivity contribution in [1.29, 1.82) is 0 Å². The topological polar surface area (TPSA) is 23.6 Å². The molecule has 1 fully saturated rings. The van der Waals surface area contributed by atoms with E-state index in [1.165, 1.54) is 4.90 Å². The quantitative estimate of drug-likeness (QED) is 0.585. The molecule has 0 bridgehead atoms. The number of nitrogens with zero attached hydrogens (tertiary/aromatic N) is 2. The highest BCUT2D eigenvalue weighted by Crippen LogP contribution is 2.29. The van der Waals surface area contributed by atoms with Crippen LogP contribution in [-0.4, -0.2) is 41.9 Å². The van der Waals surface area contributed by atoms with Gasteiger partial charge in [0.25, 0.3) is 5.91 Å². The third-order valence-electron chi connectivity index (χ3n) is 5.46. The second-order valence-corrected chi connectivity index (χ2v) is 7.27. The van der Waals surface area contributed by atoms with Gasteiger partial charge >= 0.3 is 0 Å². The zero-order valence-electron chi connectivity index (χ0n) is 16.3. The molecule has 3 nitrogen and oxygen atoms in total. The molecule has 154 valence electrons. The highest BCUT2D eigenvalue weighted by Gasteiger charge is 2.30. The fourth-order valence-electron chi connectivity index (χ4n) is 3.93. The molecule has 0 atom stereocenters. The normalized spacial score (nSPS) is 14.9. The third kappa shape index (κ3) is 3.96. The lowest BCUT2D eigenvalue weighted by Gasteiger charge is -2.39. The first kappa shape index (κ1) is 20.2. The van der Waals surface area contributed by atoms with Gasteiger partial charge in [0.2, 0.25) is 0 Å². The van der Waals surface area contributed by atoms with Crippen molar-refractivity contribution >= 4 is 5.91 Å². The average molecular weight is 410 g/mol. The highest BCUT2D eigenvalue weighted by molar-refractivity contribution is 5.94. The predicted molar refractivity (Wildman–Crippen MR) is 109 cm³/mol. The summed E-state index contributed by atoms with van der Waals surface area (Å²) in [5.41, 5.74) is 1.86. The van der Waals surface area contributed by atoms with Crippen LogP contribution >= 0.6 is 0 Å². The van der Waals surface area contributed by atoms with Crippen LogP contribution in [0.4, 0.5) is 13.2 Å². The zero-order chi connectivity index (χ0) is 21.1. The molecule has 3 aromatic carbocycles. The molecular formula is C24H21F3N2O. The smallest absolute Gasteiger partial charge is 0.257 e. The number of hydrogen-bond acceptors (Lipinski definition) is 2. The van der Waals surface area contributed by atoms with Gasteiger partial charge in [-0.15, -0.1) is 0 Å².